The highest BCUT2D eigenvalue weighted by atomic mass is 19.3. The smallest absolute Gasteiger partial charge is 0.313 e. The summed E-state index contributed by atoms with van der Waals surface area (Å²) in [4.78, 5) is 21.9. The molecule has 1 aliphatic heterocycles. The fourth-order valence-corrected chi connectivity index (χ4v) is 1.79. The number of carbonyl (C=O) groups excluding carboxylic acids is 2. The summed E-state index contributed by atoms with van der Waals surface area (Å²) in [6, 6.07) is 0. The Morgan fingerprint density at radius 2 is 1.68 bits per heavy atom. The number of hydrogen-bond acceptors (Lipinski definition) is 6. The number of esters is 2. The van der Waals surface area contributed by atoms with E-state index in [4.69, 9.17) is 14.2 Å². The van der Waals surface area contributed by atoms with Gasteiger partial charge in [0.2, 0.25) is 6.10 Å². The van der Waals surface area contributed by atoms with Crippen LogP contribution in [-0.2, 0) is 28.5 Å². The third-order valence-electron chi connectivity index (χ3n) is 2.65. The van der Waals surface area contributed by atoms with Crippen molar-refractivity contribution < 1.29 is 37.3 Å². The van der Waals surface area contributed by atoms with Crippen molar-refractivity contribution in [2.24, 2.45) is 0 Å². The molecule has 1 saturated heterocycles. The second-order valence-electron chi connectivity index (χ2n) is 4.16. The molecule has 19 heavy (non-hydrogen) atoms. The van der Waals surface area contributed by atoms with Gasteiger partial charge in [0.05, 0.1) is 0 Å². The van der Waals surface area contributed by atoms with Crippen LogP contribution in [0.2, 0.25) is 0 Å². The van der Waals surface area contributed by atoms with Crippen LogP contribution in [0.1, 0.15) is 20.8 Å². The second-order valence-corrected chi connectivity index (χ2v) is 4.16. The molecule has 6 nitrogen and oxygen atoms in total. The van der Waals surface area contributed by atoms with Crippen molar-refractivity contribution in [3.8, 4) is 0 Å². The first-order valence-electron chi connectivity index (χ1n) is 5.60. The Balaban J connectivity index is 3.07. The first kappa shape index (κ1) is 15.8. The summed E-state index contributed by atoms with van der Waals surface area (Å²) >= 11 is 0. The summed E-state index contributed by atoms with van der Waals surface area (Å²) < 4.78 is 47.1. The molecule has 0 saturated carbocycles. The third-order valence-corrected chi connectivity index (χ3v) is 2.65. The van der Waals surface area contributed by atoms with Crippen molar-refractivity contribution in [3.05, 3.63) is 0 Å². The highest BCUT2D eigenvalue weighted by Gasteiger charge is 2.60. The molecule has 0 aliphatic carbocycles. The van der Waals surface area contributed by atoms with Crippen LogP contribution in [0.3, 0.4) is 0 Å². The van der Waals surface area contributed by atoms with Crippen LogP contribution < -0.4 is 0 Å². The van der Waals surface area contributed by atoms with Gasteiger partial charge in [-0.3, -0.25) is 9.59 Å². The van der Waals surface area contributed by atoms with E-state index in [0.29, 0.717) is 0 Å². The molecule has 110 valence electrons. The van der Waals surface area contributed by atoms with Crippen molar-refractivity contribution in [2.75, 3.05) is 7.11 Å². The lowest BCUT2D eigenvalue weighted by Gasteiger charge is -2.43. The molecule has 0 aromatic rings. The molecule has 1 aliphatic rings. The van der Waals surface area contributed by atoms with Crippen LogP contribution in [-0.4, -0.2) is 49.6 Å². The van der Waals surface area contributed by atoms with Gasteiger partial charge < -0.3 is 18.9 Å². The molecule has 0 aromatic carbocycles. The van der Waals surface area contributed by atoms with Crippen molar-refractivity contribution in [1.29, 1.82) is 0 Å². The number of methoxy groups -OCH3 is 1. The SMILES string of the molecule is CO[C@@H]1OC(C)C(F)(F)C(OC(C)=O)C1OC(C)=O. The molecule has 0 radical (unpaired) electrons. The van der Waals surface area contributed by atoms with Gasteiger partial charge in [0.1, 0.15) is 6.10 Å². The van der Waals surface area contributed by atoms with Gasteiger partial charge in [-0.1, -0.05) is 0 Å². The molecule has 4 atom stereocenters. The Bertz CT molecular complexity index is 359. The molecule has 1 rings (SSSR count). The lowest BCUT2D eigenvalue weighted by molar-refractivity contribution is -0.334. The number of rotatable bonds is 3. The number of alkyl halides is 2. The van der Waals surface area contributed by atoms with E-state index >= 15 is 0 Å². The molecule has 0 bridgehead atoms. The molecule has 0 spiro atoms. The van der Waals surface area contributed by atoms with Gasteiger partial charge in [-0.15, -0.1) is 0 Å². The van der Waals surface area contributed by atoms with E-state index in [1.165, 1.54) is 7.11 Å². The van der Waals surface area contributed by atoms with Crippen LogP contribution in [0, 0.1) is 0 Å². The summed E-state index contributed by atoms with van der Waals surface area (Å²) in [5.74, 6) is -5.22. The van der Waals surface area contributed by atoms with Gasteiger partial charge in [0.15, 0.2) is 12.4 Å². The molecule has 0 N–H and O–H groups in total. The van der Waals surface area contributed by atoms with E-state index in [1.807, 2.05) is 0 Å². The zero-order valence-corrected chi connectivity index (χ0v) is 11.0. The van der Waals surface area contributed by atoms with Crippen LogP contribution in [0.5, 0.6) is 0 Å². The summed E-state index contributed by atoms with van der Waals surface area (Å²) in [6.07, 6.45) is -6.27. The zero-order chi connectivity index (χ0) is 14.8. The van der Waals surface area contributed by atoms with E-state index < -0.39 is 42.5 Å². The van der Waals surface area contributed by atoms with Crippen LogP contribution in [0.25, 0.3) is 0 Å². The lowest BCUT2D eigenvalue weighted by atomic mass is 9.98. The predicted octanol–water partition coefficient (Wildman–Crippen LogP) is 0.876. The molecule has 1 fully saturated rings. The fourth-order valence-electron chi connectivity index (χ4n) is 1.79. The summed E-state index contributed by atoms with van der Waals surface area (Å²) in [5, 5.41) is 0. The number of halogens is 2. The highest BCUT2D eigenvalue weighted by molar-refractivity contribution is 5.67. The van der Waals surface area contributed by atoms with Gasteiger partial charge in [0, 0.05) is 21.0 Å². The van der Waals surface area contributed by atoms with E-state index in [2.05, 4.69) is 4.74 Å². The third kappa shape index (κ3) is 3.38. The van der Waals surface area contributed by atoms with Crippen LogP contribution in [0.15, 0.2) is 0 Å². The Morgan fingerprint density at radius 1 is 1.16 bits per heavy atom. The van der Waals surface area contributed by atoms with E-state index in [9.17, 15) is 18.4 Å². The van der Waals surface area contributed by atoms with Gasteiger partial charge in [0.25, 0.3) is 0 Å². The second kappa shape index (κ2) is 5.79. The molecule has 0 amide bonds. The molecule has 1 heterocycles. The quantitative estimate of drug-likeness (QED) is 0.715. The van der Waals surface area contributed by atoms with Crippen molar-refractivity contribution in [2.45, 2.75) is 51.3 Å². The minimum absolute atomic E-state index is 0.807. The average Bonchev–Trinajstić information content (AvgIpc) is 2.28. The van der Waals surface area contributed by atoms with Crippen LogP contribution >= 0.6 is 0 Å². The minimum atomic E-state index is -3.50. The minimum Gasteiger partial charge on any atom is -0.453 e. The van der Waals surface area contributed by atoms with E-state index in [1.54, 1.807) is 0 Å². The number of hydrogen-bond donors (Lipinski definition) is 0. The summed E-state index contributed by atoms with van der Waals surface area (Å²) in [7, 11) is 1.21. The topological polar surface area (TPSA) is 71.1 Å². The number of ether oxygens (including phenoxy) is 4. The Hall–Kier alpha value is -1.28. The van der Waals surface area contributed by atoms with Crippen LogP contribution in [0.4, 0.5) is 8.78 Å². The Labute approximate surface area is 108 Å². The molecule has 0 aromatic heterocycles. The Morgan fingerprint density at radius 3 is 2.11 bits per heavy atom. The lowest BCUT2D eigenvalue weighted by Crippen LogP contribution is -2.63. The maximum absolute atomic E-state index is 14.0. The maximum Gasteiger partial charge on any atom is 0.313 e. The van der Waals surface area contributed by atoms with Gasteiger partial charge in [-0.2, -0.15) is 8.78 Å². The fraction of sp³-hybridized carbons (Fsp3) is 0.818. The predicted molar refractivity (Wildman–Crippen MR) is 57.4 cm³/mol. The standard InChI is InChI=1S/C11H16F2O6/c1-5-11(12,13)9(19-7(3)15)8(18-6(2)14)10(16-4)17-5/h5,8-10H,1-4H3/t5?,8?,9?,10-/m1/s1. The normalized spacial score (nSPS) is 33.6. The molecular weight excluding hydrogens is 266 g/mol. The van der Waals surface area contributed by atoms with E-state index in [0.717, 1.165) is 20.8 Å². The highest BCUT2D eigenvalue weighted by Crippen LogP contribution is 2.38. The molecule has 3 unspecified atom stereocenters. The van der Waals surface area contributed by atoms with Crippen molar-refractivity contribution in [3.63, 3.8) is 0 Å². The maximum atomic E-state index is 14.0. The summed E-state index contributed by atoms with van der Waals surface area (Å²) in [5.41, 5.74) is 0. The van der Waals surface area contributed by atoms with E-state index in [-0.39, 0.29) is 0 Å². The first-order chi connectivity index (χ1) is 8.70. The zero-order valence-electron chi connectivity index (χ0n) is 11.0. The van der Waals surface area contributed by atoms with Crippen molar-refractivity contribution in [1.82, 2.24) is 0 Å². The van der Waals surface area contributed by atoms with Gasteiger partial charge in [-0.05, 0) is 6.92 Å². The van der Waals surface area contributed by atoms with Gasteiger partial charge >= 0.3 is 17.9 Å². The molecular formula is C11H16F2O6. The average molecular weight is 282 g/mol. The number of carbonyl (C=O) groups is 2. The Kier molecular flexibility index (Phi) is 4.81. The largest absolute Gasteiger partial charge is 0.453 e. The molecule has 8 heteroatoms. The first-order valence-corrected chi connectivity index (χ1v) is 5.60. The summed E-state index contributed by atoms with van der Waals surface area (Å²) in [6.45, 7) is 3.16. The monoisotopic (exact) mass is 282 g/mol. The van der Waals surface area contributed by atoms with Gasteiger partial charge in [-0.25, -0.2) is 0 Å². The van der Waals surface area contributed by atoms with Crippen molar-refractivity contribution >= 4 is 11.9 Å².